The van der Waals surface area contributed by atoms with Crippen LogP contribution in [-0.2, 0) is 0 Å². The van der Waals surface area contributed by atoms with Gasteiger partial charge in [0.1, 0.15) is 5.82 Å². The van der Waals surface area contributed by atoms with Crippen molar-refractivity contribution < 1.29 is 9.90 Å². The number of aromatic nitrogens is 1. The summed E-state index contributed by atoms with van der Waals surface area (Å²) in [5.74, 6) is -0.178. The Morgan fingerprint density at radius 1 is 1.42 bits per heavy atom. The highest BCUT2D eigenvalue weighted by atomic mass is 16.4. The van der Waals surface area contributed by atoms with E-state index in [1.165, 1.54) is 31.3 Å². The Balaban J connectivity index is 1.87. The maximum Gasteiger partial charge on any atom is 0.337 e. The lowest BCUT2D eigenvalue weighted by atomic mass is 9.97. The predicted molar refractivity (Wildman–Crippen MR) is 75.6 cm³/mol. The van der Waals surface area contributed by atoms with Crippen LogP contribution >= 0.6 is 0 Å². The maximum absolute atomic E-state index is 10.9. The highest BCUT2D eigenvalue weighted by molar-refractivity contribution is 5.89. The standard InChI is InChI=1S/C15H20N2O2/c1-11-13(15(18)19)7-8-14(17-11)16-10-9-12-5-3-2-4-6-12/h5,7-8H,2-4,6,9-10H2,1H3,(H,16,17)(H,18,19). The van der Waals surface area contributed by atoms with E-state index in [9.17, 15) is 4.79 Å². The van der Waals surface area contributed by atoms with Crippen LogP contribution in [0.2, 0.25) is 0 Å². The summed E-state index contributed by atoms with van der Waals surface area (Å²) >= 11 is 0. The SMILES string of the molecule is Cc1nc(NCCC2=CCCCC2)ccc1C(=O)O. The van der Waals surface area contributed by atoms with Crippen molar-refractivity contribution >= 4 is 11.8 Å². The number of nitrogens with one attached hydrogen (secondary N) is 1. The van der Waals surface area contributed by atoms with Gasteiger partial charge in [-0.1, -0.05) is 11.6 Å². The molecule has 0 amide bonds. The Hall–Kier alpha value is -1.84. The van der Waals surface area contributed by atoms with Gasteiger partial charge in [-0.2, -0.15) is 0 Å². The molecule has 4 nitrogen and oxygen atoms in total. The van der Waals surface area contributed by atoms with E-state index in [1.807, 2.05) is 0 Å². The van der Waals surface area contributed by atoms with Crippen LogP contribution in [0.5, 0.6) is 0 Å². The molecule has 1 aliphatic carbocycles. The Bertz CT molecular complexity index is 495. The average Bonchev–Trinajstić information content (AvgIpc) is 2.39. The van der Waals surface area contributed by atoms with Crippen LogP contribution in [0.1, 0.15) is 48.2 Å². The third kappa shape index (κ3) is 3.81. The predicted octanol–water partition coefficient (Wildman–Crippen LogP) is 3.39. The Morgan fingerprint density at radius 2 is 2.26 bits per heavy atom. The van der Waals surface area contributed by atoms with E-state index in [4.69, 9.17) is 5.11 Å². The molecule has 0 aliphatic heterocycles. The molecule has 102 valence electrons. The molecule has 0 unspecified atom stereocenters. The van der Waals surface area contributed by atoms with E-state index in [0.717, 1.165) is 18.8 Å². The van der Waals surface area contributed by atoms with Gasteiger partial charge in [0.2, 0.25) is 0 Å². The third-order valence-electron chi connectivity index (χ3n) is 3.45. The second-order valence-electron chi connectivity index (χ2n) is 4.92. The highest BCUT2D eigenvalue weighted by Crippen LogP contribution is 2.20. The summed E-state index contributed by atoms with van der Waals surface area (Å²) in [5.41, 5.74) is 2.34. The van der Waals surface area contributed by atoms with Gasteiger partial charge in [-0.25, -0.2) is 9.78 Å². The highest BCUT2D eigenvalue weighted by Gasteiger charge is 2.08. The zero-order valence-electron chi connectivity index (χ0n) is 11.3. The summed E-state index contributed by atoms with van der Waals surface area (Å²) < 4.78 is 0. The molecule has 0 atom stereocenters. The minimum Gasteiger partial charge on any atom is -0.478 e. The van der Waals surface area contributed by atoms with E-state index in [2.05, 4.69) is 16.4 Å². The number of carboxylic acids is 1. The van der Waals surface area contributed by atoms with E-state index in [1.54, 1.807) is 19.1 Å². The average molecular weight is 260 g/mol. The van der Waals surface area contributed by atoms with Crippen LogP contribution in [0, 0.1) is 6.92 Å². The van der Waals surface area contributed by atoms with Crippen LogP contribution in [0.15, 0.2) is 23.8 Å². The summed E-state index contributed by atoms with van der Waals surface area (Å²) in [6.45, 7) is 2.57. The normalized spacial score (nSPS) is 14.9. The molecule has 1 aromatic heterocycles. The second-order valence-corrected chi connectivity index (χ2v) is 4.92. The number of hydrogen-bond acceptors (Lipinski definition) is 3. The van der Waals surface area contributed by atoms with Crippen molar-refractivity contribution in [3.05, 3.63) is 35.0 Å². The molecule has 0 saturated carbocycles. The number of nitrogens with zero attached hydrogens (tertiary/aromatic N) is 1. The number of allylic oxidation sites excluding steroid dienone is 1. The van der Waals surface area contributed by atoms with Crippen molar-refractivity contribution in [1.29, 1.82) is 0 Å². The first-order valence-corrected chi connectivity index (χ1v) is 6.79. The number of rotatable bonds is 5. The van der Waals surface area contributed by atoms with Gasteiger partial charge < -0.3 is 10.4 Å². The first-order chi connectivity index (χ1) is 9.16. The lowest BCUT2D eigenvalue weighted by Gasteiger charge is -2.13. The zero-order valence-corrected chi connectivity index (χ0v) is 11.3. The van der Waals surface area contributed by atoms with Gasteiger partial charge in [-0.3, -0.25) is 0 Å². The van der Waals surface area contributed by atoms with E-state index >= 15 is 0 Å². The second kappa shape index (κ2) is 6.36. The summed E-state index contributed by atoms with van der Waals surface area (Å²) in [6.07, 6.45) is 8.43. The molecular weight excluding hydrogens is 240 g/mol. The van der Waals surface area contributed by atoms with Gasteiger partial charge in [0.15, 0.2) is 0 Å². The number of pyridine rings is 1. The molecule has 1 heterocycles. The first kappa shape index (κ1) is 13.6. The van der Waals surface area contributed by atoms with Gasteiger partial charge in [0.25, 0.3) is 0 Å². The van der Waals surface area contributed by atoms with Crippen molar-refractivity contribution in [2.75, 3.05) is 11.9 Å². The third-order valence-corrected chi connectivity index (χ3v) is 3.45. The number of carboxylic acid groups (broad SMARTS) is 1. The number of anilines is 1. The number of carbonyl (C=O) groups is 1. The van der Waals surface area contributed by atoms with Gasteiger partial charge in [-0.15, -0.1) is 0 Å². The summed E-state index contributed by atoms with van der Waals surface area (Å²) in [6, 6.07) is 3.33. The largest absolute Gasteiger partial charge is 0.478 e. The Kier molecular flexibility index (Phi) is 4.55. The number of hydrogen-bond donors (Lipinski definition) is 2. The number of aryl methyl sites for hydroxylation is 1. The molecule has 0 fully saturated rings. The van der Waals surface area contributed by atoms with Crippen molar-refractivity contribution in [3.8, 4) is 0 Å². The molecule has 0 bridgehead atoms. The summed E-state index contributed by atoms with van der Waals surface area (Å²) in [5, 5.41) is 12.2. The van der Waals surface area contributed by atoms with E-state index in [-0.39, 0.29) is 5.56 Å². The molecule has 0 aromatic carbocycles. The van der Waals surface area contributed by atoms with Gasteiger partial charge in [-0.05, 0) is 51.2 Å². The van der Waals surface area contributed by atoms with Gasteiger partial charge in [0.05, 0.1) is 11.3 Å². The minimum absolute atomic E-state index is 0.264. The van der Waals surface area contributed by atoms with E-state index in [0.29, 0.717) is 5.69 Å². The van der Waals surface area contributed by atoms with Gasteiger partial charge in [0, 0.05) is 6.54 Å². The quantitative estimate of drug-likeness (QED) is 0.797. The van der Waals surface area contributed by atoms with Crippen molar-refractivity contribution in [2.24, 2.45) is 0 Å². The summed E-state index contributed by atoms with van der Waals surface area (Å²) in [4.78, 5) is 15.2. The molecule has 2 N–H and O–H groups in total. The van der Waals surface area contributed by atoms with Crippen LogP contribution in [0.3, 0.4) is 0 Å². The van der Waals surface area contributed by atoms with Crippen LogP contribution in [-0.4, -0.2) is 22.6 Å². The first-order valence-electron chi connectivity index (χ1n) is 6.79. The minimum atomic E-state index is -0.927. The molecular formula is C15H20N2O2. The fourth-order valence-corrected chi connectivity index (χ4v) is 2.37. The molecule has 0 saturated heterocycles. The van der Waals surface area contributed by atoms with Gasteiger partial charge >= 0.3 is 5.97 Å². The van der Waals surface area contributed by atoms with Crippen LogP contribution < -0.4 is 5.32 Å². The molecule has 4 heteroatoms. The fraction of sp³-hybridized carbons (Fsp3) is 0.467. The van der Waals surface area contributed by atoms with Crippen molar-refractivity contribution in [2.45, 2.75) is 39.0 Å². The lowest BCUT2D eigenvalue weighted by molar-refractivity contribution is 0.0695. The maximum atomic E-state index is 10.9. The molecule has 1 aliphatic rings. The van der Waals surface area contributed by atoms with Crippen LogP contribution in [0.25, 0.3) is 0 Å². The molecule has 0 radical (unpaired) electrons. The molecule has 0 spiro atoms. The lowest BCUT2D eigenvalue weighted by Crippen LogP contribution is -2.08. The smallest absolute Gasteiger partial charge is 0.337 e. The van der Waals surface area contributed by atoms with Crippen molar-refractivity contribution in [3.63, 3.8) is 0 Å². The Morgan fingerprint density at radius 3 is 2.89 bits per heavy atom. The fourth-order valence-electron chi connectivity index (χ4n) is 2.37. The molecule has 2 rings (SSSR count). The Labute approximate surface area is 113 Å². The molecule has 19 heavy (non-hydrogen) atoms. The monoisotopic (exact) mass is 260 g/mol. The topological polar surface area (TPSA) is 62.2 Å². The summed E-state index contributed by atoms with van der Waals surface area (Å²) in [7, 11) is 0. The van der Waals surface area contributed by atoms with Crippen LogP contribution in [0.4, 0.5) is 5.82 Å². The van der Waals surface area contributed by atoms with E-state index < -0.39 is 5.97 Å². The number of aromatic carboxylic acids is 1. The zero-order chi connectivity index (χ0) is 13.7. The van der Waals surface area contributed by atoms with Crippen molar-refractivity contribution in [1.82, 2.24) is 4.98 Å². The molecule has 1 aromatic rings.